The van der Waals surface area contributed by atoms with E-state index in [1.807, 2.05) is 0 Å². The molecule has 0 radical (unpaired) electrons. The molecule has 0 amide bonds. The molecule has 18 heavy (non-hydrogen) atoms. The highest BCUT2D eigenvalue weighted by Gasteiger charge is 2.22. The molecule has 0 spiro atoms. The average molecular weight is 285 g/mol. The minimum absolute atomic E-state index is 0.0207. The van der Waals surface area contributed by atoms with E-state index in [0.29, 0.717) is 5.56 Å². The molecule has 0 atom stereocenters. The first kappa shape index (κ1) is 13.2. The van der Waals surface area contributed by atoms with Crippen LogP contribution in [-0.2, 0) is 16.6 Å². The van der Waals surface area contributed by atoms with Crippen LogP contribution in [-0.4, -0.2) is 19.8 Å². The first-order chi connectivity index (χ1) is 8.51. The van der Waals surface area contributed by atoms with Crippen molar-refractivity contribution in [2.45, 2.75) is 10.8 Å². The molecule has 96 valence electrons. The van der Waals surface area contributed by atoms with Crippen molar-refractivity contribution in [2.75, 3.05) is 7.05 Å². The molecule has 2 rings (SSSR count). The van der Waals surface area contributed by atoms with E-state index in [1.165, 1.54) is 19.2 Å². The summed E-state index contributed by atoms with van der Waals surface area (Å²) in [7, 11) is -2.08. The summed E-state index contributed by atoms with van der Waals surface area (Å²) >= 11 is 1.15. The van der Waals surface area contributed by atoms with Crippen LogP contribution in [0.1, 0.15) is 5.56 Å². The van der Waals surface area contributed by atoms with Gasteiger partial charge in [-0.15, -0.1) is 11.3 Å². The maximum absolute atomic E-state index is 13.5. The van der Waals surface area contributed by atoms with Crippen LogP contribution in [0.3, 0.4) is 0 Å². The maximum atomic E-state index is 13.5. The number of thiophene rings is 1. The van der Waals surface area contributed by atoms with Crippen molar-refractivity contribution in [3.8, 4) is 0 Å². The highest BCUT2D eigenvalue weighted by Crippen LogP contribution is 2.21. The van der Waals surface area contributed by atoms with E-state index in [0.717, 1.165) is 15.6 Å². The zero-order chi connectivity index (χ0) is 13.2. The summed E-state index contributed by atoms with van der Waals surface area (Å²) in [5.74, 6) is -0.397. The van der Waals surface area contributed by atoms with Gasteiger partial charge in [0.25, 0.3) is 10.0 Å². The molecular formula is C12H12FNO2S2. The standard InChI is InChI=1S/C12H12FNO2S2/c1-14(9-10-5-2-3-6-11(10)13)18(15,16)12-7-4-8-17-12/h2-8H,9H2,1H3. The lowest BCUT2D eigenvalue weighted by molar-refractivity contribution is 0.458. The van der Waals surface area contributed by atoms with Gasteiger partial charge in [0.15, 0.2) is 0 Å². The Bertz CT molecular complexity index is 623. The first-order valence-electron chi connectivity index (χ1n) is 5.25. The number of hydrogen-bond acceptors (Lipinski definition) is 3. The van der Waals surface area contributed by atoms with Gasteiger partial charge in [-0.3, -0.25) is 0 Å². The minimum Gasteiger partial charge on any atom is -0.207 e. The molecule has 0 fully saturated rings. The molecule has 3 nitrogen and oxygen atoms in total. The summed E-state index contributed by atoms with van der Waals surface area (Å²) < 4.78 is 39.1. The molecular weight excluding hydrogens is 273 g/mol. The van der Waals surface area contributed by atoms with Crippen LogP contribution in [0.4, 0.5) is 4.39 Å². The van der Waals surface area contributed by atoms with Gasteiger partial charge in [0.1, 0.15) is 10.0 Å². The fourth-order valence-corrected chi connectivity index (χ4v) is 3.87. The summed E-state index contributed by atoms with van der Waals surface area (Å²) in [5.41, 5.74) is 0.361. The highest BCUT2D eigenvalue weighted by atomic mass is 32.2. The Morgan fingerprint density at radius 2 is 1.94 bits per heavy atom. The number of benzene rings is 1. The second-order valence-electron chi connectivity index (χ2n) is 3.78. The lowest BCUT2D eigenvalue weighted by atomic mass is 10.2. The Labute approximate surface area is 110 Å². The van der Waals surface area contributed by atoms with Gasteiger partial charge in [0.05, 0.1) is 0 Å². The van der Waals surface area contributed by atoms with Crippen LogP contribution in [0.15, 0.2) is 46.0 Å². The van der Waals surface area contributed by atoms with Gasteiger partial charge in [-0.1, -0.05) is 24.3 Å². The van der Waals surface area contributed by atoms with E-state index in [9.17, 15) is 12.8 Å². The van der Waals surface area contributed by atoms with Gasteiger partial charge in [-0.2, -0.15) is 4.31 Å². The van der Waals surface area contributed by atoms with Gasteiger partial charge in [-0.25, -0.2) is 12.8 Å². The Balaban J connectivity index is 2.24. The summed E-state index contributed by atoms with van der Waals surface area (Å²) in [4.78, 5) is 0. The fourth-order valence-electron chi connectivity index (χ4n) is 1.52. The van der Waals surface area contributed by atoms with Crippen molar-refractivity contribution in [1.29, 1.82) is 0 Å². The van der Waals surface area contributed by atoms with E-state index < -0.39 is 15.8 Å². The number of rotatable bonds is 4. The summed E-state index contributed by atoms with van der Waals surface area (Å²) in [6.45, 7) is 0.0207. The highest BCUT2D eigenvalue weighted by molar-refractivity contribution is 7.91. The van der Waals surface area contributed by atoms with Crippen molar-refractivity contribution in [2.24, 2.45) is 0 Å². The van der Waals surface area contributed by atoms with E-state index >= 15 is 0 Å². The normalized spacial score (nSPS) is 11.9. The van der Waals surface area contributed by atoms with Crippen molar-refractivity contribution < 1.29 is 12.8 Å². The van der Waals surface area contributed by atoms with Gasteiger partial charge >= 0.3 is 0 Å². The Kier molecular flexibility index (Phi) is 3.79. The topological polar surface area (TPSA) is 37.4 Å². The average Bonchev–Trinajstić information content (AvgIpc) is 2.86. The molecule has 0 unspecified atom stereocenters. The minimum atomic E-state index is -3.53. The third-order valence-electron chi connectivity index (χ3n) is 2.51. The zero-order valence-corrected chi connectivity index (χ0v) is 11.3. The van der Waals surface area contributed by atoms with Crippen molar-refractivity contribution in [3.05, 3.63) is 53.2 Å². The molecule has 0 N–H and O–H groups in total. The molecule has 1 aromatic heterocycles. The Hall–Kier alpha value is -1.24. The van der Waals surface area contributed by atoms with E-state index in [-0.39, 0.29) is 10.8 Å². The SMILES string of the molecule is CN(Cc1ccccc1F)S(=O)(=O)c1cccs1. The van der Waals surface area contributed by atoms with Gasteiger partial charge in [0.2, 0.25) is 0 Å². The van der Waals surface area contributed by atoms with E-state index in [1.54, 1.807) is 29.6 Å². The lowest BCUT2D eigenvalue weighted by Gasteiger charge is -2.16. The quantitative estimate of drug-likeness (QED) is 0.866. The van der Waals surface area contributed by atoms with Crippen LogP contribution >= 0.6 is 11.3 Å². The summed E-state index contributed by atoms with van der Waals surface area (Å²) in [6, 6.07) is 9.37. The van der Waals surface area contributed by atoms with Gasteiger partial charge in [-0.05, 0) is 17.5 Å². The van der Waals surface area contributed by atoms with Crippen LogP contribution < -0.4 is 0 Å². The first-order valence-corrected chi connectivity index (χ1v) is 7.57. The molecule has 0 aliphatic rings. The second-order valence-corrected chi connectivity index (χ2v) is 7.00. The predicted molar refractivity (Wildman–Crippen MR) is 69.4 cm³/mol. The third kappa shape index (κ3) is 2.60. The molecule has 0 bridgehead atoms. The van der Waals surface area contributed by atoms with Crippen LogP contribution in [0.5, 0.6) is 0 Å². The van der Waals surface area contributed by atoms with Gasteiger partial charge in [0, 0.05) is 19.2 Å². The molecule has 6 heteroatoms. The number of halogens is 1. The zero-order valence-electron chi connectivity index (χ0n) is 9.71. The van der Waals surface area contributed by atoms with E-state index in [4.69, 9.17) is 0 Å². The molecule has 0 aliphatic heterocycles. The third-order valence-corrected chi connectivity index (χ3v) is 5.69. The lowest BCUT2D eigenvalue weighted by Crippen LogP contribution is -2.26. The molecule has 2 aromatic rings. The van der Waals surface area contributed by atoms with Gasteiger partial charge < -0.3 is 0 Å². The molecule has 1 heterocycles. The van der Waals surface area contributed by atoms with Crippen LogP contribution in [0.25, 0.3) is 0 Å². The molecule has 0 saturated heterocycles. The number of sulfonamides is 1. The smallest absolute Gasteiger partial charge is 0.207 e. The van der Waals surface area contributed by atoms with E-state index in [2.05, 4.69) is 0 Å². The van der Waals surface area contributed by atoms with Crippen LogP contribution in [0, 0.1) is 5.82 Å². The number of hydrogen-bond donors (Lipinski definition) is 0. The monoisotopic (exact) mass is 285 g/mol. The van der Waals surface area contributed by atoms with Crippen LogP contribution in [0.2, 0.25) is 0 Å². The summed E-state index contributed by atoms with van der Waals surface area (Å²) in [5, 5.41) is 1.70. The van der Waals surface area contributed by atoms with Crippen molar-refractivity contribution in [3.63, 3.8) is 0 Å². The predicted octanol–water partition coefficient (Wildman–Crippen LogP) is 2.71. The number of nitrogens with zero attached hydrogens (tertiary/aromatic N) is 1. The molecule has 1 aromatic carbocycles. The summed E-state index contributed by atoms with van der Waals surface area (Å²) in [6.07, 6.45) is 0. The Morgan fingerprint density at radius 3 is 2.56 bits per heavy atom. The van der Waals surface area contributed by atoms with Crippen molar-refractivity contribution >= 4 is 21.4 Å². The van der Waals surface area contributed by atoms with Crippen molar-refractivity contribution in [1.82, 2.24) is 4.31 Å². The maximum Gasteiger partial charge on any atom is 0.252 e. The Morgan fingerprint density at radius 1 is 1.22 bits per heavy atom. The molecule has 0 aliphatic carbocycles. The molecule has 0 saturated carbocycles. The second kappa shape index (κ2) is 5.17. The fraction of sp³-hybridized carbons (Fsp3) is 0.167. The largest absolute Gasteiger partial charge is 0.252 e.